The summed E-state index contributed by atoms with van der Waals surface area (Å²) >= 11 is 9.69. The van der Waals surface area contributed by atoms with E-state index in [0.29, 0.717) is 0 Å². The first-order valence-electron chi connectivity index (χ1n) is 7.36. The molecule has 1 aromatic rings. The maximum Gasteiger partial charge on any atom is 0.309 e. The lowest BCUT2D eigenvalue weighted by Gasteiger charge is -2.39. The smallest absolute Gasteiger partial charge is 0.309 e. The standard InChI is InChI=1S/C16H21BrClNO2/c1-2-5-16(15(20)21)6-8-19(9-7-16)11-12-10-13(17)3-4-14(12)18/h3-4,10H,2,5-9,11H2,1H3,(H,20,21). The summed E-state index contributed by atoms with van der Waals surface area (Å²) in [5, 5.41) is 10.3. The highest BCUT2D eigenvalue weighted by Crippen LogP contribution is 2.37. The second kappa shape index (κ2) is 7.12. The first kappa shape index (κ1) is 16.8. The van der Waals surface area contributed by atoms with E-state index in [4.69, 9.17) is 11.6 Å². The molecule has 1 heterocycles. The van der Waals surface area contributed by atoms with Crippen LogP contribution in [0.2, 0.25) is 5.02 Å². The minimum atomic E-state index is -0.635. The predicted molar refractivity (Wildman–Crippen MR) is 88.6 cm³/mol. The summed E-state index contributed by atoms with van der Waals surface area (Å²) in [4.78, 5) is 13.9. The van der Waals surface area contributed by atoms with E-state index >= 15 is 0 Å². The van der Waals surface area contributed by atoms with Gasteiger partial charge in [0.25, 0.3) is 0 Å². The molecule has 0 atom stereocenters. The lowest BCUT2D eigenvalue weighted by atomic mass is 9.75. The number of hydrogen-bond acceptors (Lipinski definition) is 2. The monoisotopic (exact) mass is 373 g/mol. The van der Waals surface area contributed by atoms with Crippen molar-refractivity contribution in [3.05, 3.63) is 33.3 Å². The number of nitrogens with zero attached hydrogens (tertiary/aromatic N) is 1. The van der Waals surface area contributed by atoms with Gasteiger partial charge < -0.3 is 5.11 Å². The van der Waals surface area contributed by atoms with Gasteiger partial charge >= 0.3 is 5.97 Å². The van der Waals surface area contributed by atoms with E-state index in [1.807, 2.05) is 18.2 Å². The molecule has 0 spiro atoms. The van der Waals surface area contributed by atoms with Crippen molar-refractivity contribution < 1.29 is 9.90 Å². The molecule has 5 heteroatoms. The number of carboxylic acids is 1. The summed E-state index contributed by atoms with van der Waals surface area (Å²) in [5.74, 6) is -0.635. The second-order valence-corrected chi connectivity index (χ2v) is 7.17. The quantitative estimate of drug-likeness (QED) is 0.820. The van der Waals surface area contributed by atoms with Crippen LogP contribution in [0.15, 0.2) is 22.7 Å². The van der Waals surface area contributed by atoms with Gasteiger partial charge in [-0.15, -0.1) is 0 Å². The van der Waals surface area contributed by atoms with Gasteiger partial charge in [0.15, 0.2) is 0 Å². The van der Waals surface area contributed by atoms with Crippen LogP contribution in [0.25, 0.3) is 0 Å². The maximum atomic E-state index is 11.6. The second-order valence-electron chi connectivity index (χ2n) is 5.85. The van der Waals surface area contributed by atoms with E-state index in [9.17, 15) is 9.90 Å². The van der Waals surface area contributed by atoms with Crippen LogP contribution >= 0.6 is 27.5 Å². The Kier molecular flexibility index (Phi) is 5.69. The normalized spacial score (nSPS) is 18.6. The molecule has 2 rings (SSSR count). The van der Waals surface area contributed by atoms with Crippen molar-refractivity contribution in [1.82, 2.24) is 4.90 Å². The predicted octanol–water partition coefficient (Wildman–Crippen LogP) is 4.57. The molecule has 1 aliphatic rings. The highest BCUT2D eigenvalue weighted by Gasteiger charge is 2.40. The fraction of sp³-hybridized carbons (Fsp3) is 0.562. The van der Waals surface area contributed by atoms with Crippen molar-refractivity contribution in [2.75, 3.05) is 13.1 Å². The molecule has 3 nitrogen and oxygen atoms in total. The summed E-state index contributed by atoms with van der Waals surface area (Å²) in [5.41, 5.74) is 0.566. The van der Waals surface area contributed by atoms with Crippen LogP contribution in [-0.2, 0) is 11.3 Å². The number of aliphatic carboxylic acids is 1. The van der Waals surface area contributed by atoms with E-state index in [1.54, 1.807) is 0 Å². The Morgan fingerprint density at radius 3 is 2.67 bits per heavy atom. The van der Waals surface area contributed by atoms with Crippen LogP contribution in [0.4, 0.5) is 0 Å². The molecule has 0 aliphatic carbocycles. The summed E-state index contributed by atoms with van der Waals surface area (Å²) < 4.78 is 1.02. The van der Waals surface area contributed by atoms with E-state index in [0.717, 1.165) is 60.4 Å². The zero-order valence-electron chi connectivity index (χ0n) is 12.2. The van der Waals surface area contributed by atoms with Crippen LogP contribution in [-0.4, -0.2) is 29.1 Å². The number of likely N-dealkylation sites (tertiary alicyclic amines) is 1. The molecule has 1 saturated heterocycles. The minimum absolute atomic E-state index is 0.522. The van der Waals surface area contributed by atoms with Crippen molar-refractivity contribution >= 4 is 33.5 Å². The van der Waals surface area contributed by atoms with Crippen molar-refractivity contribution in [3.8, 4) is 0 Å². The van der Waals surface area contributed by atoms with Crippen molar-refractivity contribution in [2.45, 2.75) is 39.2 Å². The third-order valence-electron chi connectivity index (χ3n) is 4.40. The van der Waals surface area contributed by atoms with E-state index in [1.165, 1.54) is 0 Å². The molecule has 1 N–H and O–H groups in total. The Morgan fingerprint density at radius 2 is 2.10 bits per heavy atom. The van der Waals surface area contributed by atoms with E-state index in [2.05, 4.69) is 27.8 Å². The Balaban J connectivity index is 2.00. The van der Waals surface area contributed by atoms with Gasteiger partial charge in [-0.3, -0.25) is 9.69 Å². The third kappa shape index (κ3) is 3.99. The number of benzene rings is 1. The Hall–Kier alpha value is -0.580. The topological polar surface area (TPSA) is 40.5 Å². The number of carbonyl (C=O) groups is 1. The number of piperidine rings is 1. The third-order valence-corrected chi connectivity index (χ3v) is 5.26. The molecule has 116 valence electrons. The van der Waals surface area contributed by atoms with Crippen molar-refractivity contribution in [3.63, 3.8) is 0 Å². The molecule has 21 heavy (non-hydrogen) atoms. The fourth-order valence-corrected chi connectivity index (χ4v) is 3.68. The Bertz CT molecular complexity index is 513. The zero-order chi connectivity index (χ0) is 15.5. The average Bonchev–Trinajstić information content (AvgIpc) is 2.45. The summed E-state index contributed by atoms with van der Waals surface area (Å²) in [6.07, 6.45) is 3.14. The SMILES string of the molecule is CCCC1(C(=O)O)CCN(Cc2cc(Br)ccc2Cl)CC1. The molecule has 0 radical (unpaired) electrons. The highest BCUT2D eigenvalue weighted by molar-refractivity contribution is 9.10. The van der Waals surface area contributed by atoms with Gasteiger partial charge in [-0.1, -0.05) is 40.9 Å². The molecule has 0 aromatic heterocycles. The van der Waals surface area contributed by atoms with Crippen LogP contribution in [0, 0.1) is 5.41 Å². The summed E-state index contributed by atoms with van der Waals surface area (Å²) in [6, 6.07) is 5.86. The molecule has 1 aromatic carbocycles. The molecular weight excluding hydrogens is 354 g/mol. The van der Waals surface area contributed by atoms with Crippen LogP contribution in [0.3, 0.4) is 0 Å². The summed E-state index contributed by atoms with van der Waals surface area (Å²) in [6.45, 7) is 4.46. The molecule has 0 unspecified atom stereocenters. The van der Waals surface area contributed by atoms with Crippen LogP contribution < -0.4 is 0 Å². The van der Waals surface area contributed by atoms with Crippen molar-refractivity contribution in [1.29, 1.82) is 0 Å². The van der Waals surface area contributed by atoms with Gasteiger partial charge in [-0.05, 0) is 56.1 Å². The molecule has 0 bridgehead atoms. The maximum absolute atomic E-state index is 11.6. The fourth-order valence-electron chi connectivity index (χ4n) is 3.09. The number of halogens is 2. The largest absolute Gasteiger partial charge is 0.481 e. The lowest BCUT2D eigenvalue weighted by molar-refractivity contribution is -0.152. The number of hydrogen-bond donors (Lipinski definition) is 1. The van der Waals surface area contributed by atoms with Crippen molar-refractivity contribution in [2.24, 2.45) is 5.41 Å². The van der Waals surface area contributed by atoms with E-state index in [-0.39, 0.29) is 0 Å². The molecule has 0 amide bonds. The molecule has 1 aliphatic heterocycles. The Labute approximate surface area is 139 Å². The van der Waals surface area contributed by atoms with Gasteiger partial charge in [0.05, 0.1) is 5.41 Å². The first-order valence-corrected chi connectivity index (χ1v) is 8.53. The average molecular weight is 375 g/mol. The molecular formula is C16H21BrClNO2. The minimum Gasteiger partial charge on any atom is -0.481 e. The number of carboxylic acid groups (broad SMARTS) is 1. The first-order chi connectivity index (χ1) is 9.97. The van der Waals surface area contributed by atoms with Gasteiger partial charge in [0.1, 0.15) is 0 Å². The van der Waals surface area contributed by atoms with Gasteiger partial charge in [-0.25, -0.2) is 0 Å². The molecule has 0 saturated carbocycles. The van der Waals surface area contributed by atoms with Gasteiger partial charge in [0, 0.05) is 16.0 Å². The highest BCUT2D eigenvalue weighted by atomic mass is 79.9. The zero-order valence-corrected chi connectivity index (χ0v) is 14.6. The van der Waals surface area contributed by atoms with E-state index < -0.39 is 11.4 Å². The van der Waals surface area contributed by atoms with Crippen LogP contribution in [0.5, 0.6) is 0 Å². The molecule has 1 fully saturated rings. The van der Waals surface area contributed by atoms with Gasteiger partial charge in [-0.2, -0.15) is 0 Å². The van der Waals surface area contributed by atoms with Crippen LogP contribution in [0.1, 0.15) is 38.2 Å². The summed E-state index contributed by atoms with van der Waals surface area (Å²) in [7, 11) is 0. The number of rotatable bonds is 5. The Morgan fingerprint density at radius 1 is 1.43 bits per heavy atom. The van der Waals surface area contributed by atoms with Gasteiger partial charge in [0.2, 0.25) is 0 Å². The lowest BCUT2D eigenvalue weighted by Crippen LogP contribution is -2.44.